The number of benzene rings is 1. The molecule has 0 N–H and O–H groups in total. The van der Waals surface area contributed by atoms with E-state index < -0.39 is 0 Å². The van der Waals surface area contributed by atoms with Crippen LogP contribution in [0.25, 0.3) is 11.4 Å². The van der Waals surface area contributed by atoms with Crippen molar-refractivity contribution < 1.29 is 4.79 Å². The first-order chi connectivity index (χ1) is 14.1. The van der Waals surface area contributed by atoms with Gasteiger partial charge in [0, 0.05) is 49.7 Å². The Bertz CT molecular complexity index is 1080. The lowest BCUT2D eigenvalue weighted by molar-refractivity contribution is 0.0634. The summed E-state index contributed by atoms with van der Waals surface area (Å²) in [5.41, 5.74) is 3.98. The van der Waals surface area contributed by atoms with Crippen molar-refractivity contribution in [3.8, 4) is 11.4 Å². The largest absolute Gasteiger partial charge is 0.338 e. The number of amides is 1. The quantitative estimate of drug-likeness (QED) is 0.677. The van der Waals surface area contributed by atoms with Crippen LogP contribution < -0.4 is 0 Å². The first-order valence-corrected chi connectivity index (χ1v) is 10.3. The zero-order chi connectivity index (χ0) is 20.0. The van der Waals surface area contributed by atoms with Crippen LogP contribution in [0.15, 0.2) is 42.9 Å². The molecular formula is C23H25N5O. The van der Waals surface area contributed by atoms with E-state index in [2.05, 4.69) is 9.97 Å². The number of fused-ring (bicyclic) bond motifs is 2. The zero-order valence-corrected chi connectivity index (χ0v) is 16.9. The molecule has 3 aromatic rings. The second-order valence-corrected chi connectivity index (χ2v) is 8.31. The van der Waals surface area contributed by atoms with Gasteiger partial charge in [0.2, 0.25) is 0 Å². The second kappa shape index (κ2) is 6.79. The highest BCUT2D eigenvalue weighted by Gasteiger charge is 2.44. The molecule has 0 bridgehead atoms. The molecule has 1 unspecified atom stereocenters. The van der Waals surface area contributed by atoms with E-state index in [0.717, 1.165) is 61.5 Å². The highest BCUT2D eigenvalue weighted by molar-refractivity contribution is 6.00. The molecule has 1 aliphatic heterocycles. The number of hydrogen-bond donors (Lipinski definition) is 0. The Morgan fingerprint density at radius 3 is 2.86 bits per heavy atom. The van der Waals surface area contributed by atoms with E-state index in [9.17, 15) is 4.79 Å². The summed E-state index contributed by atoms with van der Waals surface area (Å²) in [5.74, 6) is 1.71. The number of hydrogen-bond acceptors (Lipinski definition) is 4. The van der Waals surface area contributed by atoms with E-state index in [-0.39, 0.29) is 11.3 Å². The van der Waals surface area contributed by atoms with Gasteiger partial charge in [0.05, 0.1) is 11.3 Å². The molecule has 2 aliphatic rings. The minimum Gasteiger partial charge on any atom is -0.338 e. The number of carbonyl (C=O) groups is 1. The predicted molar refractivity (Wildman–Crippen MR) is 111 cm³/mol. The smallest absolute Gasteiger partial charge is 0.254 e. The number of aryl methyl sites for hydroxylation is 3. The molecule has 0 radical (unpaired) electrons. The van der Waals surface area contributed by atoms with Crippen LogP contribution in [-0.2, 0) is 18.9 Å². The van der Waals surface area contributed by atoms with Crippen molar-refractivity contribution >= 4 is 5.91 Å². The van der Waals surface area contributed by atoms with Crippen molar-refractivity contribution in [1.29, 1.82) is 0 Å². The third-order valence-electron chi connectivity index (χ3n) is 6.44. The fourth-order valence-electron chi connectivity index (χ4n) is 4.99. The van der Waals surface area contributed by atoms with E-state index in [1.54, 1.807) is 6.20 Å². The van der Waals surface area contributed by atoms with Crippen molar-refractivity contribution in [3.63, 3.8) is 0 Å². The summed E-state index contributed by atoms with van der Waals surface area (Å²) >= 11 is 0. The maximum atomic E-state index is 13.6. The number of rotatable bonds is 2. The van der Waals surface area contributed by atoms with E-state index in [0.29, 0.717) is 0 Å². The Balaban J connectivity index is 1.49. The maximum Gasteiger partial charge on any atom is 0.254 e. The standard InChI is InChI=1S/C23H25N5O/c1-16-25-14-17-8-10-23(20(17)26-16)9-5-12-28(15-23)22(29)19-7-4-3-6-18(19)21-24-11-13-27(21)2/h3-4,6-7,11,13-14H,5,8-10,12,15H2,1-2H3. The molecule has 1 spiro atoms. The van der Waals surface area contributed by atoms with Crippen molar-refractivity contribution in [3.05, 3.63) is 65.5 Å². The molecule has 2 aromatic heterocycles. The molecule has 0 saturated carbocycles. The lowest BCUT2D eigenvalue weighted by atomic mass is 9.77. The van der Waals surface area contributed by atoms with Crippen molar-refractivity contribution in [2.24, 2.45) is 7.05 Å². The first kappa shape index (κ1) is 18.0. The molecule has 6 nitrogen and oxygen atoms in total. The average molecular weight is 387 g/mol. The van der Waals surface area contributed by atoms with Crippen LogP contribution >= 0.6 is 0 Å². The average Bonchev–Trinajstić information content (AvgIpc) is 3.31. The Hall–Kier alpha value is -3.02. The van der Waals surface area contributed by atoms with E-state index >= 15 is 0 Å². The molecule has 6 heteroatoms. The molecule has 1 atom stereocenters. The van der Waals surface area contributed by atoms with E-state index in [1.165, 1.54) is 11.3 Å². The van der Waals surface area contributed by atoms with Gasteiger partial charge in [0.25, 0.3) is 5.91 Å². The summed E-state index contributed by atoms with van der Waals surface area (Å²) in [6.07, 6.45) is 9.78. The summed E-state index contributed by atoms with van der Waals surface area (Å²) < 4.78 is 1.96. The fourth-order valence-corrected chi connectivity index (χ4v) is 4.99. The molecule has 1 saturated heterocycles. The topological polar surface area (TPSA) is 63.9 Å². The van der Waals surface area contributed by atoms with Gasteiger partial charge in [-0.15, -0.1) is 0 Å². The predicted octanol–water partition coefficient (Wildman–Crippen LogP) is 3.31. The third kappa shape index (κ3) is 2.94. The Kier molecular flexibility index (Phi) is 4.23. The van der Waals surface area contributed by atoms with Gasteiger partial charge in [-0.2, -0.15) is 0 Å². The fraction of sp³-hybridized carbons (Fsp3) is 0.391. The van der Waals surface area contributed by atoms with Gasteiger partial charge < -0.3 is 9.47 Å². The maximum absolute atomic E-state index is 13.6. The molecule has 29 heavy (non-hydrogen) atoms. The normalized spacial score (nSPS) is 20.8. The van der Waals surface area contributed by atoms with Gasteiger partial charge in [-0.25, -0.2) is 15.0 Å². The molecule has 1 fully saturated rings. The van der Waals surface area contributed by atoms with Crippen LogP contribution in [-0.4, -0.2) is 43.4 Å². The van der Waals surface area contributed by atoms with Crippen LogP contribution in [0, 0.1) is 6.92 Å². The molecule has 1 amide bonds. The minimum absolute atomic E-state index is 0.0326. The number of imidazole rings is 1. The van der Waals surface area contributed by atoms with Gasteiger partial charge in [0.1, 0.15) is 11.6 Å². The third-order valence-corrected chi connectivity index (χ3v) is 6.44. The SMILES string of the molecule is Cc1ncc2c(n1)C1(CCCN(C(=O)c3ccccc3-c3nccn3C)C1)CC2. The lowest BCUT2D eigenvalue weighted by Crippen LogP contribution is -2.48. The summed E-state index contributed by atoms with van der Waals surface area (Å²) in [7, 11) is 1.96. The van der Waals surface area contributed by atoms with Crippen LogP contribution in [0.1, 0.15) is 46.7 Å². The van der Waals surface area contributed by atoms with E-state index in [1.807, 2.05) is 60.1 Å². The summed E-state index contributed by atoms with van der Waals surface area (Å²) in [6, 6.07) is 7.80. The Morgan fingerprint density at radius 1 is 1.17 bits per heavy atom. The van der Waals surface area contributed by atoms with E-state index in [4.69, 9.17) is 4.98 Å². The molecule has 3 heterocycles. The number of aromatic nitrogens is 4. The van der Waals surface area contributed by atoms with Gasteiger partial charge in [-0.1, -0.05) is 18.2 Å². The van der Waals surface area contributed by atoms with Gasteiger partial charge in [-0.05, 0) is 44.2 Å². The van der Waals surface area contributed by atoms with Crippen molar-refractivity contribution in [2.75, 3.05) is 13.1 Å². The highest BCUT2D eigenvalue weighted by Crippen LogP contribution is 2.44. The first-order valence-electron chi connectivity index (χ1n) is 10.3. The second-order valence-electron chi connectivity index (χ2n) is 8.31. The van der Waals surface area contributed by atoms with Gasteiger partial charge >= 0.3 is 0 Å². The number of carbonyl (C=O) groups excluding carboxylic acids is 1. The summed E-state index contributed by atoms with van der Waals surface area (Å²) in [4.78, 5) is 29.3. The molecule has 148 valence electrons. The van der Waals surface area contributed by atoms with Crippen LogP contribution in [0.3, 0.4) is 0 Å². The Morgan fingerprint density at radius 2 is 2.03 bits per heavy atom. The number of piperidine rings is 1. The zero-order valence-electron chi connectivity index (χ0n) is 16.9. The van der Waals surface area contributed by atoms with Crippen LogP contribution in [0.5, 0.6) is 0 Å². The highest BCUT2D eigenvalue weighted by atomic mass is 16.2. The van der Waals surface area contributed by atoms with Crippen molar-refractivity contribution in [2.45, 2.75) is 38.0 Å². The van der Waals surface area contributed by atoms with Gasteiger partial charge in [-0.3, -0.25) is 4.79 Å². The lowest BCUT2D eigenvalue weighted by Gasteiger charge is -2.40. The van der Waals surface area contributed by atoms with Crippen LogP contribution in [0.2, 0.25) is 0 Å². The molecule has 5 rings (SSSR count). The monoisotopic (exact) mass is 387 g/mol. The van der Waals surface area contributed by atoms with Gasteiger partial charge in [0.15, 0.2) is 0 Å². The molecular weight excluding hydrogens is 362 g/mol. The molecule has 1 aromatic carbocycles. The van der Waals surface area contributed by atoms with Crippen LogP contribution in [0.4, 0.5) is 0 Å². The minimum atomic E-state index is -0.0326. The Labute approximate surface area is 170 Å². The number of likely N-dealkylation sites (tertiary alicyclic amines) is 1. The molecule has 1 aliphatic carbocycles. The summed E-state index contributed by atoms with van der Waals surface area (Å²) in [6.45, 7) is 3.46. The number of nitrogens with zero attached hydrogens (tertiary/aromatic N) is 5. The van der Waals surface area contributed by atoms with Crippen molar-refractivity contribution in [1.82, 2.24) is 24.4 Å². The summed E-state index contributed by atoms with van der Waals surface area (Å²) in [5, 5.41) is 0.